The minimum atomic E-state index is -0.466. The summed E-state index contributed by atoms with van der Waals surface area (Å²) in [7, 11) is 2.17. The first kappa shape index (κ1) is 18.2. The molecule has 0 aromatic heterocycles. The number of benzene rings is 1. The molecule has 1 unspecified atom stereocenters. The van der Waals surface area contributed by atoms with Gasteiger partial charge in [-0.3, -0.25) is 9.80 Å². The van der Waals surface area contributed by atoms with Gasteiger partial charge in [-0.15, -0.1) is 0 Å². The third-order valence-electron chi connectivity index (χ3n) is 5.05. The minimum absolute atomic E-state index is 0.174. The normalized spacial score (nSPS) is 22.6. The van der Waals surface area contributed by atoms with Crippen LogP contribution in [-0.2, 0) is 17.7 Å². The number of likely N-dealkylation sites (N-methyl/N-ethyl adjacent to an activating group) is 1. The average Bonchev–Trinajstić information content (AvgIpc) is 2.55. The Balaban J connectivity index is 1.75. The number of nitrogens with zero attached hydrogens (tertiary/aromatic N) is 3. The molecule has 2 aliphatic rings. The summed E-state index contributed by atoms with van der Waals surface area (Å²) in [6.45, 7) is 11.7. The molecule has 0 radical (unpaired) electrons. The van der Waals surface area contributed by atoms with Crippen LogP contribution in [0.4, 0.5) is 4.79 Å². The molecule has 0 aliphatic carbocycles. The molecule has 0 N–H and O–H groups in total. The highest BCUT2D eigenvalue weighted by Crippen LogP contribution is 2.26. The Morgan fingerprint density at radius 1 is 1.12 bits per heavy atom. The summed E-state index contributed by atoms with van der Waals surface area (Å²) in [5.41, 5.74) is 2.14. The van der Waals surface area contributed by atoms with Crippen LogP contribution in [0.15, 0.2) is 24.3 Å². The summed E-state index contributed by atoms with van der Waals surface area (Å²) < 4.78 is 5.69. The molecule has 2 aliphatic heterocycles. The molecule has 25 heavy (non-hydrogen) atoms. The lowest BCUT2D eigenvalue weighted by Gasteiger charge is -2.41. The molecule has 1 saturated heterocycles. The van der Waals surface area contributed by atoms with E-state index in [-0.39, 0.29) is 12.1 Å². The number of amides is 1. The maximum absolute atomic E-state index is 12.8. The molecular weight excluding hydrogens is 314 g/mol. The number of hydrogen-bond acceptors (Lipinski definition) is 4. The predicted octanol–water partition coefficient (Wildman–Crippen LogP) is 2.60. The lowest BCUT2D eigenvalue weighted by molar-refractivity contribution is 0.00558. The predicted molar refractivity (Wildman–Crippen MR) is 99.6 cm³/mol. The van der Waals surface area contributed by atoms with Crippen molar-refractivity contribution in [3.63, 3.8) is 0 Å². The number of ether oxygens (including phenoxy) is 1. The summed E-state index contributed by atoms with van der Waals surface area (Å²) in [6, 6.07) is 8.63. The first-order chi connectivity index (χ1) is 11.8. The highest BCUT2D eigenvalue weighted by Gasteiger charge is 2.34. The quantitative estimate of drug-likeness (QED) is 0.825. The van der Waals surface area contributed by atoms with E-state index in [0.29, 0.717) is 6.54 Å². The lowest BCUT2D eigenvalue weighted by atomic mass is 9.94. The Kier molecular flexibility index (Phi) is 5.35. The van der Waals surface area contributed by atoms with Gasteiger partial charge in [0, 0.05) is 39.3 Å². The van der Waals surface area contributed by atoms with E-state index in [9.17, 15) is 4.79 Å². The highest BCUT2D eigenvalue weighted by atomic mass is 16.6. The maximum Gasteiger partial charge on any atom is 0.410 e. The second-order valence-corrected chi connectivity index (χ2v) is 8.34. The highest BCUT2D eigenvalue weighted by molar-refractivity contribution is 5.69. The van der Waals surface area contributed by atoms with E-state index < -0.39 is 5.60 Å². The van der Waals surface area contributed by atoms with Gasteiger partial charge in [0.15, 0.2) is 0 Å². The number of carbonyl (C=O) groups excluding carboxylic acids is 1. The van der Waals surface area contributed by atoms with E-state index in [2.05, 4.69) is 35.0 Å². The first-order valence-corrected chi connectivity index (χ1v) is 9.29. The van der Waals surface area contributed by atoms with Gasteiger partial charge in [-0.05, 0) is 45.4 Å². The van der Waals surface area contributed by atoms with E-state index in [1.165, 1.54) is 11.1 Å². The zero-order valence-electron chi connectivity index (χ0n) is 16.0. The largest absolute Gasteiger partial charge is 0.444 e. The first-order valence-electron chi connectivity index (χ1n) is 9.29. The summed E-state index contributed by atoms with van der Waals surface area (Å²) in [4.78, 5) is 19.6. The Morgan fingerprint density at radius 2 is 1.76 bits per heavy atom. The van der Waals surface area contributed by atoms with Crippen LogP contribution >= 0.6 is 0 Å². The molecule has 138 valence electrons. The van der Waals surface area contributed by atoms with Crippen molar-refractivity contribution in [2.24, 2.45) is 0 Å². The number of hydrogen-bond donors (Lipinski definition) is 0. The van der Waals surface area contributed by atoms with Crippen LogP contribution in [0, 0.1) is 0 Å². The number of rotatable bonds is 2. The molecule has 1 fully saturated rings. The van der Waals surface area contributed by atoms with Gasteiger partial charge in [0.2, 0.25) is 0 Å². The van der Waals surface area contributed by atoms with Crippen molar-refractivity contribution >= 4 is 6.09 Å². The fraction of sp³-hybridized carbons (Fsp3) is 0.650. The Morgan fingerprint density at radius 3 is 2.40 bits per heavy atom. The molecule has 3 rings (SSSR count). The fourth-order valence-corrected chi connectivity index (χ4v) is 3.61. The molecule has 2 heterocycles. The van der Waals surface area contributed by atoms with Gasteiger partial charge in [-0.1, -0.05) is 24.3 Å². The fourth-order valence-electron chi connectivity index (χ4n) is 3.61. The van der Waals surface area contributed by atoms with Crippen LogP contribution in [0.5, 0.6) is 0 Å². The lowest BCUT2D eigenvalue weighted by Crippen LogP contribution is -2.54. The molecule has 0 bridgehead atoms. The van der Waals surface area contributed by atoms with Crippen molar-refractivity contribution in [1.29, 1.82) is 0 Å². The van der Waals surface area contributed by atoms with Crippen molar-refractivity contribution < 1.29 is 9.53 Å². The van der Waals surface area contributed by atoms with Crippen LogP contribution in [0.3, 0.4) is 0 Å². The van der Waals surface area contributed by atoms with Gasteiger partial charge in [0.1, 0.15) is 5.60 Å². The molecule has 1 aromatic carbocycles. The molecular formula is C20H31N3O2. The number of piperazine rings is 1. The summed E-state index contributed by atoms with van der Waals surface area (Å²) in [5.74, 6) is 0. The third-order valence-corrected chi connectivity index (χ3v) is 5.05. The van der Waals surface area contributed by atoms with Crippen LogP contribution in [-0.4, -0.2) is 72.2 Å². The van der Waals surface area contributed by atoms with Crippen molar-refractivity contribution in [2.75, 3.05) is 39.8 Å². The third kappa shape index (κ3) is 4.73. The second kappa shape index (κ2) is 7.34. The van der Waals surface area contributed by atoms with E-state index in [1.807, 2.05) is 31.7 Å². The molecule has 1 amide bonds. The van der Waals surface area contributed by atoms with Crippen LogP contribution < -0.4 is 0 Å². The van der Waals surface area contributed by atoms with Gasteiger partial charge in [0.25, 0.3) is 0 Å². The molecule has 1 aromatic rings. The van der Waals surface area contributed by atoms with Gasteiger partial charge < -0.3 is 9.64 Å². The standard InChI is InChI=1S/C20H31N3O2/c1-20(2,3)25-19(24)23-14-17-8-6-5-7-16(17)13-18(23)15-22-11-9-21(4)10-12-22/h5-8,18H,9-15H2,1-4H3. The molecule has 0 spiro atoms. The molecule has 5 nitrogen and oxygen atoms in total. The van der Waals surface area contributed by atoms with Crippen molar-refractivity contribution in [2.45, 2.75) is 45.4 Å². The summed E-state index contributed by atoms with van der Waals surface area (Å²) in [5, 5.41) is 0. The van der Waals surface area contributed by atoms with Gasteiger partial charge in [-0.25, -0.2) is 4.79 Å². The maximum atomic E-state index is 12.8. The summed E-state index contributed by atoms with van der Waals surface area (Å²) >= 11 is 0. The zero-order chi connectivity index (χ0) is 18.0. The van der Waals surface area contributed by atoms with Gasteiger partial charge in [-0.2, -0.15) is 0 Å². The van der Waals surface area contributed by atoms with E-state index in [0.717, 1.165) is 39.1 Å². The van der Waals surface area contributed by atoms with E-state index in [4.69, 9.17) is 4.74 Å². The topological polar surface area (TPSA) is 36.0 Å². The Bertz CT molecular complexity index is 603. The zero-order valence-corrected chi connectivity index (χ0v) is 16.0. The monoisotopic (exact) mass is 345 g/mol. The number of fused-ring (bicyclic) bond motifs is 1. The van der Waals surface area contributed by atoms with Crippen LogP contribution in [0.2, 0.25) is 0 Å². The molecule has 0 saturated carbocycles. The van der Waals surface area contributed by atoms with Crippen LogP contribution in [0.25, 0.3) is 0 Å². The summed E-state index contributed by atoms with van der Waals surface area (Å²) in [6.07, 6.45) is 0.711. The average molecular weight is 345 g/mol. The van der Waals surface area contributed by atoms with Crippen molar-refractivity contribution in [3.8, 4) is 0 Å². The van der Waals surface area contributed by atoms with E-state index in [1.54, 1.807) is 0 Å². The van der Waals surface area contributed by atoms with Crippen molar-refractivity contribution in [3.05, 3.63) is 35.4 Å². The van der Waals surface area contributed by atoms with E-state index >= 15 is 0 Å². The Labute approximate surface area is 151 Å². The van der Waals surface area contributed by atoms with Crippen LogP contribution in [0.1, 0.15) is 31.9 Å². The van der Waals surface area contributed by atoms with Crippen molar-refractivity contribution in [1.82, 2.24) is 14.7 Å². The molecule has 5 heteroatoms. The second-order valence-electron chi connectivity index (χ2n) is 8.34. The molecule has 1 atom stereocenters. The SMILES string of the molecule is CN1CCN(CC2Cc3ccccc3CN2C(=O)OC(C)(C)C)CC1. The smallest absolute Gasteiger partial charge is 0.410 e. The Hall–Kier alpha value is -1.59. The minimum Gasteiger partial charge on any atom is -0.444 e. The van der Waals surface area contributed by atoms with Gasteiger partial charge in [0.05, 0.1) is 6.04 Å². The number of carbonyl (C=O) groups is 1. The van der Waals surface area contributed by atoms with Gasteiger partial charge >= 0.3 is 6.09 Å².